The summed E-state index contributed by atoms with van der Waals surface area (Å²) in [5.41, 5.74) is 0. The van der Waals surface area contributed by atoms with Crippen molar-refractivity contribution in [2.24, 2.45) is 5.92 Å². The van der Waals surface area contributed by atoms with E-state index < -0.39 is 5.97 Å². The molecular formula is C16H23ClN2O3. The SMILES string of the molecule is O=C(O)[C@@H]1CCCN(C2CCN(Cc3ccc(Cl)o3)CC2)C1. The molecule has 122 valence electrons. The molecule has 6 heteroatoms. The third-order valence-electron chi connectivity index (χ3n) is 4.88. The molecule has 5 nitrogen and oxygen atoms in total. The van der Waals surface area contributed by atoms with E-state index in [0.717, 1.165) is 57.6 Å². The van der Waals surface area contributed by atoms with Gasteiger partial charge in [-0.25, -0.2) is 0 Å². The highest BCUT2D eigenvalue weighted by atomic mass is 35.5. The predicted molar refractivity (Wildman–Crippen MR) is 83.9 cm³/mol. The van der Waals surface area contributed by atoms with E-state index in [1.807, 2.05) is 6.07 Å². The van der Waals surface area contributed by atoms with Crippen LogP contribution in [0.25, 0.3) is 0 Å². The van der Waals surface area contributed by atoms with Crippen molar-refractivity contribution in [2.45, 2.75) is 38.3 Å². The molecule has 1 atom stereocenters. The number of piperidine rings is 2. The fraction of sp³-hybridized carbons (Fsp3) is 0.688. The van der Waals surface area contributed by atoms with E-state index >= 15 is 0 Å². The van der Waals surface area contributed by atoms with Crippen molar-refractivity contribution < 1.29 is 14.3 Å². The van der Waals surface area contributed by atoms with Crippen LogP contribution in [0, 0.1) is 5.92 Å². The maximum Gasteiger partial charge on any atom is 0.307 e. The number of carbonyl (C=O) groups is 1. The molecule has 0 saturated carbocycles. The van der Waals surface area contributed by atoms with Crippen molar-refractivity contribution in [1.29, 1.82) is 0 Å². The van der Waals surface area contributed by atoms with Gasteiger partial charge in [0.25, 0.3) is 0 Å². The number of nitrogens with zero attached hydrogens (tertiary/aromatic N) is 2. The quantitative estimate of drug-likeness (QED) is 0.922. The minimum absolute atomic E-state index is 0.183. The number of halogens is 1. The van der Waals surface area contributed by atoms with Crippen LogP contribution >= 0.6 is 11.6 Å². The molecule has 0 unspecified atom stereocenters. The number of hydrogen-bond donors (Lipinski definition) is 1. The Labute approximate surface area is 135 Å². The van der Waals surface area contributed by atoms with Gasteiger partial charge in [-0.1, -0.05) is 0 Å². The maximum atomic E-state index is 11.2. The van der Waals surface area contributed by atoms with Crippen LogP contribution in [0.1, 0.15) is 31.4 Å². The summed E-state index contributed by atoms with van der Waals surface area (Å²) in [6, 6.07) is 4.23. The van der Waals surface area contributed by atoms with Crippen molar-refractivity contribution >= 4 is 17.6 Å². The predicted octanol–water partition coefficient (Wildman–Crippen LogP) is 2.69. The van der Waals surface area contributed by atoms with Crippen LogP contribution < -0.4 is 0 Å². The Hall–Kier alpha value is -1.04. The Bertz CT molecular complexity index is 511. The van der Waals surface area contributed by atoms with E-state index in [1.54, 1.807) is 6.07 Å². The van der Waals surface area contributed by atoms with E-state index in [-0.39, 0.29) is 5.92 Å². The average molecular weight is 327 g/mol. The van der Waals surface area contributed by atoms with Crippen molar-refractivity contribution in [3.8, 4) is 0 Å². The van der Waals surface area contributed by atoms with E-state index in [2.05, 4.69) is 9.80 Å². The summed E-state index contributed by atoms with van der Waals surface area (Å²) in [6.45, 7) is 4.61. The lowest BCUT2D eigenvalue weighted by Gasteiger charge is -2.41. The molecule has 22 heavy (non-hydrogen) atoms. The van der Waals surface area contributed by atoms with Crippen molar-refractivity contribution in [1.82, 2.24) is 9.80 Å². The van der Waals surface area contributed by atoms with Gasteiger partial charge in [-0.3, -0.25) is 14.6 Å². The molecule has 0 radical (unpaired) electrons. The minimum Gasteiger partial charge on any atom is -0.481 e. The third-order valence-corrected chi connectivity index (χ3v) is 5.09. The number of likely N-dealkylation sites (tertiary alicyclic amines) is 2. The van der Waals surface area contributed by atoms with Crippen LogP contribution in [-0.4, -0.2) is 53.1 Å². The number of furan rings is 1. The summed E-state index contributed by atoms with van der Waals surface area (Å²) >= 11 is 5.80. The van der Waals surface area contributed by atoms with Gasteiger partial charge in [-0.05, 0) is 56.0 Å². The smallest absolute Gasteiger partial charge is 0.307 e. The normalized spacial score (nSPS) is 25.4. The van der Waals surface area contributed by atoms with Gasteiger partial charge in [-0.2, -0.15) is 0 Å². The molecule has 1 aromatic rings. The highest BCUT2D eigenvalue weighted by Gasteiger charge is 2.31. The molecule has 2 aliphatic rings. The number of hydrogen-bond acceptors (Lipinski definition) is 4. The Morgan fingerprint density at radius 3 is 2.68 bits per heavy atom. The molecule has 0 spiro atoms. The first-order chi connectivity index (χ1) is 10.6. The zero-order valence-electron chi connectivity index (χ0n) is 12.7. The molecule has 3 rings (SSSR count). The van der Waals surface area contributed by atoms with Gasteiger partial charge in [0.05, 0.1) is 12.5 Å². The van der Waals surface area contributed by atoms with Gasteiger partial charge in [0.15, 0.2) is 5.22 Å². The molecule has 0 aromatic carbocycles. The van der Waals surface area contributed by atoms with Gasteiger partial charge in [0.1, 0.15) is 5.76 Å². The van der Waals surface area contributed by atoms with Gasteiger partial charge in [-0.15, -0.1) is 0 Å². The second kappa shape index (κ2) is 7.02. The molecule has 0 aliphatic carbocycles. The van der Waals surface area contributed by atoms with Crippen LogP contribution in [-0.2, 0) is 11.3 Å². The Balaban J connectivity index is 1.48. The number of carboxylic acids is 1. The first kappa shape index (κ1) is 15.8. The van der Waals surface area contributed by atoms with Crippen molar-refractivity contribution in [3.05, 3.63) is 23.1 Å². The van der Waals surface area contributed by atoms with E-state index in [0.29, 0.717) is 17.8 Å². The first-order valence-corrected chi connectivity index (χ1v) is 8.43. The summed E-state index contributed by atoms with van der Waals surface area (Å²) in [5.74, 6) is 0.0845. The molecule has 0 amide bonds. The topological polar surface area (TPSA) is 56.9 Å². The number of carboxylic acid groups (broad SMARTS) is 1. The van der Waals surface area contributed by atoms with Crippen molar-refractivity contribution in [3.63, 3.8) is 0 Å². The number of rotatable bonds is 4. The van der Waals surface area contributed by atoms with Gasteiger partial charge in [0, 0.05) is 25.7 Å². The second-order valence-electron chi connectivity index (χ2n) is 6.39. The van der Waals surface area contributed by atoms with Crippen LogP contribution in [0.2, 0.25) is 5.22 Å². The van der Waals surface area contributed by atoms with Crippen LogP contribution in [0.5, 0.6) is 0 Å². The zero-order chi connectivity index (χ0) is 15.5. The minimum atomic E-state index is -0.642. The molecular weight excluding hydrogens is 304 g/mol. The summed E-state index contributed by atoms with van der Waals surface area (Å²) < 4.78 is 5.42. The standard InChI is InChI=1S/C16H23ClN2O3/c17-15-4-3-14(22-15)11-18-8-5-13(6-9-18)19-7-1-2-12(10-19)16(20)21/h3-4,12-13H,1-2,5-11H2,(H,20,21)/t12-/m1/s1. The zero-order valence-corrected chi connectivity index (χ0v) is 13.5. The monoisotopic (exact) mass is 326 g/mol. The van der Waals surface area contributed by atoms with Crippen LogP contribution in [0.4, 0.5) is 0 Å². The largest absolute Gasteiger partial charge is 0.481 e. The molecule has 3 heterocycles. The molecule has 2 fully saturated rings. The highest BCUT2D eigenvalue weighted by Crippen LogP contribution is 2.25. The summed E-state index contributed by atoms with van der Waals surface area (Å²) in [5, 5.41) is 9.65. The van der Waals surface area contributed by atoms with Crippen LogP contribution in [0.3, 0.4) is 0 Å². The molecule has 2 aliphatic heterocycles. The maximum absolute atomic E-state index is 11.2. The number of aliphatic carboxylic acids is 1. The van der Waals surface area contributed by atoms with E-state index in [1.165, 1.54) is 0 Å². The lowest BCUT2D eigenvalue weighted by atomic mass is 9.94. The van der Waals surface area contributed by atoms with E-state index in [9.17, 15) is 9.90 Å². The first-order valence-electron chi connectivity index (χ1n) is 8.05. The van der Waals surface area contributed by atoms with Crippen molar-refractivity contribution in [2.75, 3.05) is 26.2 Å². The Morgan fingerprint density at radius 2 is 2.05 bits per heavy atom. The lowest BCUT2D eigenvalue weighted by Crippen LogP contribution is -2.49. The molecule has 1 aromatic heterocycles. The molecule has 2 saturated heterocycles. The average Bonchev–Trinajstić information content (AvgIpc) is 2.93. The molecule has 0 bridgehead atoms. The fourth-order valence-corrected chi connectivity index (χ4v) is 3.80. The Morgan fingerprint density at radius 1 is 1.27 bits per heavy atom. The summed E-state index contributed by atoms with van der Waals surface area (Å²) in [6.07, 6.45) is 4.02. The van der Waals surface area contributed by atoms with Gasteiger partial charge < -0.3 is 9.52 Å². The van der Waals surface area contributed by atoms with Gasteiger partial charge in [0.2, 0.25) is 0 Å². The second-order valence-corrected chi connectivity index (χ2v) is 6.76. The van der Waals surface area contributed by atoms with Crippen LogP contribution in [0.15, 0.2) is 16.5 Å². The van der Waals surface area contributed by atoms with E-state index in [4.69, 9.17) is 16.0 Å². The van der Waals surface area contributed by atoms with Gasteiger partial charge >= 0.3 is 5.97 Å². The third kappa shape index (κ3) is 3.83. The summed E-state index contributed by atoms with van der Waals surface area (Å²) in [4.78, 5) is 16.0. The summed E-state index contributed by atoms with van der Waals surface area (Å²) in [7, 11) is 0. The fourth-order valence-electron chi connectivity index (χ4n) is 3.64. The Kier molecular flexibility index (Phi) is 5.06. The molecule has 1 N–H and O–H groups in total. The lowest BCUT2D eigenvalue weighted by molar-refractivity contribution is -0.144. The highest BCUT2D eigenvalue weighted by molar-refractivity contribution is 6.28.